The zero-order valence-electron chi connectivity index (χ0n) is 14.8. The zero-order valence-corrected chi connectivity index (χ0v) is 14.8. The first-order chi connectivity index (χ1) is 12.2. The van der Waals surface area contributed by atoms with Gasteiger partial charge in [-0.1, -0.05) is 12.1 Å². The van der Waals surface area contributed by atoms with Crippen LogP contribution in [-0.4, -0.2) is 80.2 Å². The minimum atomic E-state index is -0.331. The van der Waals surface area contributed by atoms with Crippen LogP contribution in [0.15, 0.2) is 24.3 Å². The van der Waals surface area contributed by atoms with Gasteiger partial charge in [-0.15, -0.1) is 0 Å². The lowest BCUT2D eigenvalue weighted by Crippen LogP contribution is -2.49. The smallest absolute Gasteiger partial charge is 0.269 e. The van der Waals surface area contributed by atoms with Crippen LogP contribution in [0.4, 0.5) is 5.69 Å². The third-order valence-electron chi connectivity index (χ3n) is 5.12. The summed E-state index contributed by atoms with van der Waals surface area (Å²) in [6.45, 7) is 10.6. The highest BCUT2D eigenvalue weighted by molar-refractivity contribution is 5.33. The quantitative estimate of drug-likeness (QED) is 0.615. The third-order valence-corrected chi connectivity index (χ3v) is 5.12. The molecule has 25 heavy (non-hydrogen) atoms. The molecule has 2 fully saturated rings. The molecule has 2 aliphatic rings. The minimum absolute atomic E-state index is 0.171. The van der Waals surface area contributed by atoms with E-state index in [2.05, 4.69) is 20.4 Å². The molecule has 0 radical (unpaired) electrons. The maximum Gasteiger partial charge on any atom is 0.269 e. The average molecular weight is 347 g/mol. The minimum Gasteiger partial charge on any atom is -0.314 e. The summed E-state index contributed by atoms with van der Waals surface area (Å²) < 4.78 is 0. The van der Waals surface area contributed by atoms with Gasteiger partial charge < -0.3 is 20.4 Å². The van der Waals surface area contributed by atoms with Crippen LogP contribution in [0.25, 0.3) is 0 Å². The number of hydrogen-bond acceptors (Lipinski definition) is 6. The molecule has 2 saturated heterocycles. The fourth-order valence-electron chi connectivity index (χ4n) is 3.79. The van der Waals surface area contributed by atoms with E-state index < -0.39 is 0 Å². The van der Waals surface area contributed by atoms with Crippen LogP contribution in [0.1, 0.15) is 5.56 Å². The summed E-state index contributed by atoms with van der Waals surface area (Å²) >= 11 is 0. The van der Waals surface area contributed by atoms with Gasteiger partial charge in [0, 0.05) is 77.6 Å². The lowest BCUT2D eigenvalue weighted by Gasteiger charge is -2.35. The Balaban J connectivity index is 1.71. The SMILES string of the molecule is O=[N+]([O-])c1ccc(CC2CN3CCNCCN(CCNCC3)C2)cc1. The van der Waals surface area contributed by atoms with Crippen molar-refractivity contribution in [2.75, 3.05) is 65.4 Å². The van der Waals surface area contributed by atoms with Crippen molar-refractivity contribution in [2.24, 2.45) is 5.92 Å². The summed E-state index contributed by atoms with van der Waals surface area (Å²) in [7, 11) is 0. The second kappa shape index (κ2) is 9.24. The van der Waals surface area contributed by atoms with Crippen LogP contribution in [0, 0.1) is 16.0 Å². The largest absolute Gasteiger partial charge is 0.314 e. The van der Waals surface area contributed by atoms with E-state index in [-0.39, 0.29) is 10.6 Å². The topological polar surface area (TPSA) is 73.7 Å². The molecule has 0 unspecified atom stereocenters. The molecule has 1 aromatic carbocycles. The highest BCUT2D eigenvalue weighted by Crippen LogP contribution is 2.17. The van der Waals surface area contributed by atoms with Crippen molar-refractivity contribution in [3.8, 4) is 0 Å². The normalized spacial score (nSPS) is 28.6. The van der Waals surface area contributed by atoms with E-state index in [9.17, 15) is 10.1 Å². The Labute approximate surface area is 149 Å². The zero-order chi connectivity index (χ0) is 17.5. The predicted octanol–water partition coefficient (Wildman–Crippen LogP) is 0.564. The van der Waals surface area contributed by atoms with Gasteiger partial charge in [0.25, 0.3) is 5.69 Å². The molecule has 2 N–H and O–H groups in total. The molecule has 138 valence electrons. The standard InChI is InChI=1S/C18H29N5O2/c24-23(25)18-3-1-16(2-4-18)13-17-14-21-9-5-19-6-10-22(15-17)12-8-20-7-11-21/h1-4,17,19-20H,5-15H2. The third kappa shape index (κ3) is 5.74. The first-order valence-corrected chi connectivity index (χ1v) is 9.30. The Hall–Kier alpha value is -1.54. The van der Waals surface area contributed by atoms with Gasteiger partial charge in [0.1, 0.15) is 0 Å². The number of nitro benzene ring substituents is 1. The molecule has 2 aliphatic heterocycles. The molecular formula is C18H29N5O2. The van der Waals surface area contributed by atoms with Crippen LogP contribution in [0.5, 0.6) is 0 Å². The summed E-state index contributed by atoms with van der Waals surface area (Å²) in [4.78, 5) is 15.6. The predicted molar refractivity (Wildman–Crippen MR) is 98.9 cm³/mol. The molecule has 0 saturated carbocycles. The van der Waals surface area contributed by atoms with Gasteiger partial charge in [-0.05, 0) is 17.9 Å². The van der Waals surface area contributed by atoms with Crippen molar-refractivity contribution < 1.29 is 4.92 Å². The van der Waals surface area contributed by atoms with Crippen molar-refractivity contribution in [3.63, 3.8) is 0 Å². The molecular weight excluding hydrogens is 318 g/mol. The molecule has 3 rings (SSSR count). The maximum absolute atomic E-state index is 10.8. The van der Waals surface area contributed by atoms with Gasteiger partial charge in [-0.2, -0.15) is 0 Å². The molecule has 0 aliphatic carbocycles. The van der Waals surface area contributed by atoms with E-state index in [1.54, 1.807) is 12.1 Å². The van der Waals surface area contributed by atoms with E-state index in [0.29, 0.717) is 5.92 Å². The second-order valence-corrected chi connectivity index (χ2v) is 7.09. The van der Waals surface area contributed by atoms with Gasteiger partial charge >= 0.3 is 0 Å². The highest BCUT2D eigenvalue weighted by Gasteiger charge is 2.21. The number of non-ortho nitro benzene ring substituents is 1. The number of rotatable bonds is 3. The van der Waals surface area contributed by atoms with E-state index in [1.807, 2.05) is 12.1 Å². The Morgan fingerprint density at radius 3 is 1.84 bits per heavy atom. The summed E-state index contributed by atoms with van der Waals surface area (Å²) in [6.07, 6.45) is 0.978. The Kier molecular flexibility index (Phi) is 6.75. The molecule has 7 heteroatoms. The Morgan fingerprint density at radius 1 is 0.920 bits per heavy atom. The van der Waals surface area contributed by atoms with Gasteiger partial charge in [0.15, 0.2) is 0 Å². The van der Waals surface area contributed by atoms with Crippen molar-refractivity contribution >= 4 is 5.69 Å². The van der Waals surface area contributed by atoms with Gasteiger partial charge in [0.05, 0.1) is 4.92 Å². The van der Waals surface area contributed by atoms with Crippen molar-refractivity contribution in [1.82, 2.24) is 20.4 Å². The van der Waals surface area contributed by atoms with Crippen LogP contribution >= 0.6 is 0 Å². The van der Waals surface area contributed by atoms with Crippen LogP contribution in [-0.2, 0) is 6.42 Å². The first-order valence-electron chi connectivity index (χ1n) is 9.30. The van der Waals surface area contributed by atoms with Crippen molar-refractivity contribution in [1.29, 1.82) is 0 Å². The van der Waals surface area contributed by atoms with Gasteiger partial charge in [-0.3, -0.25) is 10.1 Å². The number of hydrogen-bond donors (Lipinski definition) is 2. The van der Waals surface area contributed by atoms with Gasteiger partial charge in [0.2, 0.25) is 0 Å². The maximum atomic E-state index is 10.8. The molecule has 0 aromatic heterocycles. The number of nitrogens with zero attached hydrogens (tertiary/aromatic N) is 3. The van der Waals surface area contributed by atoms with Gasteiger partial charge in [-0.25, -0.2) is 0 Å². The molecule has 2 bridgehead atoms. The summed E-state index contributed by atoms with van der Waals surface area (Å²) in [5, 5.41) is 17.9. The molecule has 0 atom stereocenters. The van der Waals surface area contributed by atoms with E-state index >= 15 is 0 Å². The molecule has 1 aromatic rings. The number of nitro groups is 1. The lowest BCUT2D eigenvalue weighted by molar-refractivity contribution is -0.384. The fourth-order valence-corrected chi connectivity index (χ4v) is 3.79. The average Bonchev–Trinajstić information content (AvgIpc) is 2.60. The van der Waals surface area contributed by atoms with Crippen molar-refractivity contribution in [3.05, 3.63) is 39.9 Å². The lowest BCUT2D eigenvalue weighted by atomic mass is 9.97. The second-order valence-electron chi connectivity index (χ2n) is 7.09. The summed E-state index contributed by atoms with van der Waals surface area (Å²) in [6, 6.07) is 7.09. The Bertz CT molecular complexity index is 519. The highest BCUT2D eigenvalue weighted by atomic mass is 16.6. The van der Waals surface area contributed by atoms with E-state index in [1.165, 1.54) is 5.56 Å². The number of fused-ring (bicyclic) bond motifs is 4. The molecule has 0 amide bonds. The monoisotopic (exact) mass is 347 g/mol. The molecule has 7 nitrogen and oxygen atoms in total. The van der Waals surface area contributed by atoms with Crippen molar-refractivity contribution in [2.45, 2.75) is 6.42 Å². The first kappa shape index (κ1) is 18.3. The van der Waals surface area contributed by atoms with Crippen LogP contribution in [0.3, 0.4) is 0 Å². The van der Waals surface area contributed by atoms with E-state index in [0.717, 1.165) is 71.9 Å². The fraction of sp³-hybridized carbons (Fsp3) is 0.667. The molecule has 0 spiro atoms. The number of nitrogens with one attached hydrogen (secondary N) is 2. The number of benzene rings is 1. The van der Waals surface area contributed by atoms with E-state index in [4.69, 9.17) is 0 Å². The van der Waals surface area contributed by atoms with Crippen LogP contribution < -0.4 is 10.6 Å². The summed E-state index contributed by atoms with van der Waals surface area (Å²) in [5.41, 5.74) is 1.37. The Morgan fingerprint density at radius 2 is 1.40 bits per heavy atom. The summed E-state index contributed by atoms with van der Waals surface area (Å²) in [5.74, 6) is 0.553. The molecule has 2 heterocycles. The van der Waals surface area contributed by atoms with Crippen LogP contribution in [0.2, 0.25) is 0 Å².